The average Bonchev–Trinajstić information content (AvgIpc) is 3.02. The molecule has 2 aliphatic heterocycles. The minimum Gasteiger partial charge on any atom is -0.446 e. The van der Waals surface area contributed by atoms with E-state index in [1.807, 2.05) is 0 Å². The van der Waals surface area contributed by atoms with Gasteiger partial charge in [0.05, 0.1) is 25.9 Å². The molecule has 0 spiro atoms. The third-order valence-electron chi connectivity index (χ3n) is 2.05. The van der Waals surface area contributed by atoms with Crippen LogP contribution in [0.3, 0.4) is 0 Å². The molecule has 0 bridgehead atoms. The van der Waals surface area contributed by atoms with E-state index in [2.05, 4.69) is 6.58 Å². The number of amides is 1. The van der Waals surface area contributed by atoms with Crippen molar-refractivity contribution >= 4 is 6.09 Å². The average molecular weight is 199 g/mol. The van der Waals surface area contributed by atoms with Crippen LogP contribution in [-0.4, -0.2) is 49.6 Å². The minimum absolute atomic E-state index is 0.0998. The van der Waals surface area contributed by atoms with Gasteiger partial charge in [-0.1, -0.05) is 6.58 Å². The van der Waals surface area contributed by atoms with E-state index in [1.54, 1.807) is 0 Å². The van der Waals surface area contributed by atoms with Gasteiger partial charge in [0, 0.05) is 6.20 Å². The summed E-state index contributed by atoms with van der Waals surface area (Å²) < 4.78 is 14.9. The molecule has 0 radical (unpaired) electrons. The Labute approximate surface area is 82.2 Å². The normalized spacial score (nSPS) is 28.0. The van der Waals surface area contributed by atoms with Gasteiger partial charge in [-0.2, -0.15) is 0 Å². The van der Waals surface area contributed by atoms with E-state index in [9.17, 15) is 4.79 Å². The zero-order valence-electron chi connectivity index (χ0n) is 7.85. The molecule has 0 N–H and O–H groups in total. The molecule has 5 nitrogen and oxygen atoms in total. The van der Waals surface area contributed by atoms with Crippen molar-refractivity contribution in [1.82, 2.24) is 4.90 Å². The van der Waals surface area contributed by atoms with Gasteiger partial charge < -0.3 is 14.2 Å². The standard InChI is InChI=1S/C9H13NO4/c1-2-10(3-7-4-12-7)9(11)14-6-8-5-13-8/h2,7-8H,1,3-6H2. The van der Waals surface area contributed by atoms with E-state index in [4.69, 9.17) is 14.2 Å². The molecular formula is C9H13NO4. The van der Waals surface area contributed by atoms with Crippen LogP contribution in [0.2, 0.25) is 0 Å². The van der Waals surface area contributed by atoms with Gasteiger partial charge in [0.15, 0.2) is 0 Å². The van der Waals surface area contributed by atoms with E-state index >= 15 is 0 Å². The van der Waals surface area contributed by atoms with Crippen molar-refractivity contribution in [2.75, 3.05) is 26.4 Å². The lowest BCUT2D eigenvalue weighted by atomic mass is 10.4. The maximum Gasteiger partial charge on any atom is 0.413 e. The monoisotopic (exact) mass is 199 g/mol. The largest absolute Gasteiger partial charge is 0.446 e. The summed E-state index contributed by atoms with van der Waals surface area (Å²) in [6.07, 6.45) is 1.32. The maximum atomic E-state index is 11.4. The molecule has 0 aromatic heterocycles. The van der Waals surface area contributed by atoms with E-state index < -0.39 is 0 Å². The van der Waals surface area contributed by atoms with Crippen molar-refractivity contribution in [1.29, 1.82) is 0 Å². The molecule has 0 saturated carbocycles. The van der Waals surface area contributed by atoms with E-state index in [-0.39, 0.29) is 18.3 Å². The molecule has 14 heavy (non-hydrogen) atoms. The summed E-state index contributed by atoms with van der Waals surface area (Å²) in [7, 11) is 0. The second kappa shape index (κ2) is 3.98. The van der Waals surface area contributed by atoms with Crippen molar-refractivity contribution < 1.29 is 19.0 Å². The third kappa shape index (κ3) is 2.71. The number of rotatable bonds is 5. The molecule has 5 heteroatoms. The molecule has 2 fully saturated rings. The molecule has 2 rings (SSSR count). The molecule has 1 amide bonds. The van der Waals surface area contributed by atoms with Crippen LogP contribution in [0.5, 0.6) is 0 Å². The van der Waals surface area contributed by atoms with Crippen molar-refractivity contribution in [2.24, 2.45) is 0 Å². The molecule has 2 aliphatic rings. The SMILES string of the molecule is C=CN(CC1CO1)C(=O)OCC1CO1. The molecular weight excluding hydrogens is 186 g/mol. The molecule has 0 aromatic rings. The van der Waals surface area contributed by atoms with Gasteiger partial charge >= 0.3 is 6.09 Å². The second-order valence-corrected chi connectivity index (χ2v) is 3.32. The summed E-state index contributed by atoms with van der Waals surface area (Å²) in [6, 6.07) is 0. The first-order valence-corrected chi connectivity index (χ1v) is 4.58. The lowest BCUT2D eigenvalue weighted by molar-refractivity contribution is 0.107. The molecule has 2 saturated heterocycles. The van der Waals surface area contributed by atoms with Gasteiger partial charge in [-0.05, 0) is 0 Å². The van der Waals surface area contributed by atoms with Crippen LogP contribution in [0.4, 0.5) is 4.79 Å². The quantitative estimate of drug-likeness (QED) is 0.600. The highest BCUT2D eigenvalue weighted by Gasteiger charge is 2.29. The predicted molar refractivity (Wildman–Crippen MR) is 47.7 cm³/mol. The van der Waals surface area contributed by atoms with Crippen molar-refractivity contribution in [3.05, 3.63) is 12.8 Å². The highest BCUT2D eigenvalue weighted by atomic mass is 16.6. The van der Waals surface area contributed by atoms with Crippen LogP contribution in [0.25, 0.3) is 0 Å². The lowest BCUT2D eigenvalue weighted by Gasteiger charge is -2.15. The molecule has 2 unspecified atom stereocenters. The maximum absolute atomic E-state index is 11.4. The van der Waals surface area contributed by atoms with E-state index in [1.165, 1.54) is 11.1 Å². The first-order valence-electron chi connectivity index (χ1n) is 4.58. The molecule has 0 aliphatic carbocycles. The van der Waals surface area contributed by atoms with Crippen molar-refractivity contribution in [2.45, 2.75) is 12.2 Å². The fraction of sp³-hybridized carbons (Fsp3) is 0.667. The van der Waals surface area contributed by atoms with Crippen LogP contribution < -0.4 is 0 Å². The van der Waals surface area contributed by atoms with E-state index in [0.717, 1.165) is 0 Å². The van der Waals surface area contributed by atoms with Gasteiger partial charge in [-0.3, -0.25) is 4.90 Å². The zero-order valence-corrected chi connectivity index (χ0v) is 7.85. The summed E-state index contributed by atoms with van der Waals surface area (Å²) in [6.45, 7) is 5.79. The van der Waals surface area contributed by atoms with Gasteiger partial charge in [-0.25, -0.2) is 4.79 Å². The van der Waals surface area contributed by atoms with Crippen LogP contribution >= 0.6 is 0 Å². The Morgan fingerprint density at radius 3 is 2.64 bits per heavy atom. The number of nitrogens with zero attached hydrogens (tertiary/aromatic N) is 1. The fourth-order valence-electron chi connectivity index (χ4n) is 1.03. The van der Waals surface area contributed by atoms with Gasteiger partial charge in [0.1, 0.15) is 12.7 Å². The summed E-state index contributed by atoms with van der Waals surface area (Å²) in [5, 5.41) is 0. The minimum atomic E-state index is -0.383. The Morgan fingerprint density at radius 1 is 1.50 bits per heavy atom. The van der Waals surface area contributed by atoms with Crippen LogP contribution in [-0.2, 0) is 14.2 Å². The smallest absolute Gasteiger partial charge is 0.413 e. The number of epoxide rings is 2. The van der Waals surface area contributed by atoms with Crippen molar-refractivity contribution in [3.8, 4) is 0 Å². The third-order valence-corrected chi connectivity index (χ3v) is 2.05. The Morgan fingerprint density at radius 2 is 2.14 bits per heavy atom. The highest BCUT2D eigenvalue weighted by molar-refractivity contribution is 5.68. The first-order chi connectivity index (χ1) is 6.79. The summed E-state index contributed by atoms with van der Waals surface area (Å²) in [5.41, 5.74) is 0. The summed E-state index contributed by atoms with van der Waals surface area (Å²) in [5.74, 6) is 0. The summed E-state index contributed by atoms with van der Waals surface area (Å²) >= 11 is 0. The van der Waals surface area contributed by atoms with Crippen molar-refractivity contribution in [3.63, 3.8) is 0 Å². The second-order valence-electron chi connectivity index (χ2n) is 3.32. The lowest BCUT2D eigenvalue weighted by Crippen LogP contribution is -2.30. The van der Waals surface area contributed by atoms with Gasteiger partial charge in [-0.15, -0.1) is 0 Å². The van der Waals surface area contributed by atoms with Gasteiger partial charge in [0.2, 0.25) is 0 Å². The van der Waals surface area contributed by atoms with E-state index in [0.29, 0.717) is 26.4 Å². The van der Waals surface area contributed by atoms with Crippen LogP contribution in [0.1, 0.15) is 0 Å². The van der Waals surface area contributed by atoms with Crippen LogP contribution in [0.15, 0.2) is 12.8 Å². The first kappa shape index (κ1) is 9.48. The summed E-state index contributed by atoms with van der Waals surface area (Å²) in [4.78, 5) is 12.8. The zero-order chi connectivity index (χ0) is 9.97. The van der Waals surface area contributed by atoms with Crippen LogP contribution in [0, 0.1) is 0 Å². The number of carbonyl (C=O) groups is 1. The number of hydrogen-bond donors (Lipinski definition) is 0. The predicted octanol–water partition coefficient (Wildman–Crippen LogP) is 0.366. The number of ether oxygens (including phenoxy) is 3. The molecule has 0 aromatic carbocycles. The molecule has 2 heterocycles. The number of hydrogen-bond acceptors (Lipinski definition) is 4. The topological polar surface area (TPSA) is 54.6 Å². The van der Waals surface area contributed by atoms with Gasteiger partial charge in [0.25, 0.3) is 0 Å². The molecule has 2 atom stereocenters. The Bertz CT molecular complexity index is 235. The highest BCUT2D eigenvalue weighted by Crippen LogP contribution is 2.13. The Hall–Kier alpha value is -1.07. The number of carbonyl (C=O) groups excluding carboxylic acids is 1. The Balaban J connectivity index is 1.70. The molecule has 78 valence electrons. The fourth-order valence-corrected chi connectivity index (χ4v) is 1.03. The Kier molecular flexibility index (Phi) is 2.69.